The quantitative estimate of drug-likeness (QED) is 0.567. The Kier molecular flexibility index (Phi) is 6.45. The van der Waals surface area contributed by atoms with Crippen molar-refractivity contribution in [2.24, 2.45) is 0 Å². The number of nitriles is 2. The molecule has 126 valence electrons. The predicted octanol–water partition coefficient (Wildman–Crippen LogP) is 3.89. The van der Waals surface area contributed by atoms with Crippen LogP contribution in [0, 0.1) is 29.6 Å². The Morgan fingerprint density at radius 1 is 0.960 bits per heavy atom. The van der Waals surface area contributed by atoms with Crippen molar-refractivity contribution in [2.75, 3.05) is 20.3 Å². The minimum absolute atomic E-state index is 0.0300. The van der Waals surface area contributed by atoms with Gasteiger partial charge in [0.25, 0.3) is 0 Å². The fourth-order valence-corrected chi connectivity index (χ4v) is 2.17. The Bertz CT molecular complexity index is 829. The van der Waals surface area contributed by atoms with E-state index in [4.69, 9.17) is 24.7 Å². The van der Waals surface area contributed by atoms with E-state index in [0.29, 0.717) is 30.3 Å². The molecule has 0 radical (unpaired) electrons. The molecule has 0 N–H and O–H groups in total. The van der Waals surface area contributed by atoms with Crippen molar-refractivity contribution in [1.29, 1.82) is 10.5 Å². The summed E-state index contributed by atoms with van der Waals surface area (Å²) in [6.45, 7) is 2.76. The molecule has 0 fully saturated rings. The summed E-state index contributed by atoms with van der Waals surface area (Å²) in [5, 5.41) is 17.6. The summed E-state index contributed by atoms with van der Waals surface area (Å²) in [7, 11) is 1.54. The number of nitrogens with zero attached hydrogens (tertiary/aromatic N) is 2. The van der Waals surface area contributed by atoms with Crippen LogP contribution < -0.4 is 14.2 Å². The van der Waals surface area contributed by atoms with Crippen LogP contribution in [0.4, 0.5) is 0 Å². The third kappa shape index (κ3) is 5.02. The smallest absolute Gasteiger partial charge is 0.161 e. The molecule has 0 heterocycles. The van der Waals surface area contributed by atoms with Crippen molar-refractivity contribution in [3.63, 3.8) is 0 Å². The molecule has 0 saturated carbocycles. The first-order valence-electron chi connectivity index (χ1n) is 7.69. The third-order valence-corrected chi connectivity index (χ3v) is 3.43. The van der Waals surface area contributed by atoms with Crippen LogP contribution >= 0.6 is 0 Å². The second-order valence-corrected chi connectivity index (χ2v) is 5.15. The van der Waals surface area contributed by atoms with Gasteiger partial charge in [-0.2, -0.15) is 10.5 Å². The van der Waals surface area contributed by atoms with Crippen molar-refractivity contribution >= 4 is 6.08 Å². The average molecular weight is 334 g/mol. The second-order valence-electron chi connectivity index (χ2n) is 5.15. The summed E-state index contributed by atoms with van der Waals surface area (Å²) in [5.74, 6) is 1.93. The van der Waals surface area contributed by atoms with E-state index in [1.807, 2.05) is 43.3 Å². The summed E-state index contributed by atoms with van der Waals surface area (Å²) < 4.78 is 16.7. The number of ether oxygens (including phenoxy) is 3. The molecule has 2 rings (SSSR count). The highest BCUT2D eigenvalue weighted by molar-refractivity contribution is 5.64. The van der Waals surface area contributed by atoms with Gasteiger partial charge in [0.05, 0.1) is 7.11 Å². The number of allylic oxidation sites excluding steroid dienone is 1. The van der Waals surface area contributed by atoms with Crippen LogP contribution in [0.15, 0.2) is 48.0 Å². The molecule has 0 bridgehead atoms. The number of benzene rings is 2. The van der Waals surface area contributed by atoms with Gasteiger partial charge in [0.2, 0.25) is 0 Å². The molecule has 0 aliphatic heterocycles. The monoisotopic (exact) mass is 334 g/mol. The fraction of sp³-hybridized carbons (Fsp3) is 0.200. The lowest BCUT2D eigenvalue weighted by Gasteiger charge is -2.13. The standard InChI is InChI=1S/C20H18N2O3/c1-15-5-3-4-6-18(15)24-9-10-25-19-8-7-16(12-20(19)23-2)11-17(13-21)14-22/h3-8,11-12H,9-10H2,1-2H3. The maximum atomic E-state index is 8.81. The van der Waals surface area contributed by atoms with E-state index < -0.39 is 0 Å². The molecule has 0 amide bonds. The molecule has 0 aliphatic rings. The number of para-hydroxylation sites is 1. The molecular weight excluding hydrogens is 316 g/mol. The molecule has 0 aliphatic carbocycles. The summed E-state index contributed by atoms with van der Waals surface area (Å²) in [6, 6.07) is 16.7. The number of aryl methyl sites for hydroxylation is 1. The van der Waals surface area contributed by atoms with Crippen molar-refractivity contribution in [1.82, 2.24) is 0 Å². The third-order valence-electron chi connectivity index (χ3n) is 3.43. The van der Waals surface area contributed by atoms with Gasteiger partial charge in [0, 0.05) is 0 Å². The SMILES string of the molecule is COc1cc(C=C(C#N)C#N)ccc1OCCOc1ccccc1C. The second kappa shape index (κ2) is 9.00. The molecule has 0 unspecified atom stereocenters. The van der Waals surface area contributed by atoms with Crippen LogP contribution in [0.5, 0.6) is 17.2 Å². The molecular formula is C20H18N2O3. The zero-order chi connectivity index (χ0) is 18.1. The van der Waals surface area contributed by atoms with E-state index >= 15 is 0 Å². The predicted molar refractivity (Wildman–Crippen MR) is 94.4 cm³/mol. The van der Waals surface area contributed by atoms with E-state index in [0.717, 1.165) is 11.3 Å². The van der Waals surface area contributed by atoms with E-state index in [1.165, 1.54) is 13.2 Å². The normalized spacial score (nSPS) is 9.44. The molecule has 5 heteroatoms. The van der Waals surface area contributed by atoms with Crippen LogP contribution in [0.2, 0.25) is 0 Å². The molecule has 25 heavy (non-hydrogen) atoms. The lowest BCUT2D eigenvalue weighted by atomic mass is 10.1. The highest BCUT2D eigenvalue weighted by atomic mass is 16.5. The molecule has 0 saturated heterocycles. The molecule has 5 nitrogen and oxygen atoms in total. The number of hydrogen-bond acceptors (Lipinski definition) is 5. The van der Waals surface area contributed by atoms with Gasteiger partial charge in [-0.05, 0) is 42.3 Å². The van der Waals surface area contributed by atoms with E-state index in [2.05, 4.69) is 0 Å². The Balaban J connectivity index is 1.98. The minimum atomic E-state index is 0.0300. The zero-order valence-electron chi connectivity index (χ0n) is 14.2. The highest BCUT2D eigenvalue weighted by Gasteiger charge is 2.06. The highest BCUT2D eigenvalue weighted by Crippen LogP contribution is 2.29. The van der Waals surface area contributed by atoms with Gasteiger partial charge in [-0.1, -0.05) is 24.3 Å². The summed E-state index contributed by atoms with van der Waals surface area (Å²) >= 11 is 0. The van der Waals surface area contributed by atoms with Crippen LogP contribution in [0.1, 0.15) is 11.1 Å². The topological polar surface area (TPSA) is 75.3 Å². The van der Waals surface area contributed by atoms with Crippen molar-refractivity contribution in [2.45, 2.75) is 6.92 Å². The van der Waals surface area contributed by atoms with Gasteiger partial charge in [0.1, 0.15) is 36.7 Å². The number of hydrogen-bond donors (Lipinski definition) is 0. The van der Waals surface area contributed by atoms with Crippen LogP contribution in [-0.2, 0) is 0 Å². The zero-order valence-corrected chi connectivity index (χ0v) is 14.2. The van der Waals surface area contributed by atoms with Crippen LogP contribution in [0.25, 0.3) is 6.08 Å². The van der Waals surface area contributed by atoms with E-state index in [1.54, 1.807) is 18.2 Å². The first-order valence-corrected chi connectivity index (χ1v) is 7.69. The summed E-state index contributed by atoms with van der Waals surface area (Å²) in [6.07, 6.45) is 1.49. The lowest BCUT2D eigenvalue weighted by molar-refractivity contribution is 0.210. The van der Waals surface area contributed by atoms with Crippen molar-refractivity contribution in [3.05, 3.63) is 59.2 Å². The fourth-order valence-electron chi connectivity index (χ4n) is 2.17. The minimum Gasteiger partial charge on any atom is -0.493 e. The molecule has 2 aromatic carbocycles. The van der Waals surface area contributed by atoms with Gasteiger partial charge in [-0.3, -0.25) is 0 Å². The summed E-state index contributed by atoms with van der Waals surface area (Å²) in [5.41, 5.74) is 1.79. The Labute approximate surface area is 147 Å². The lowest BCUT2D eigenvalue weighted by Crippen LogP contribution is -2.10. The van der Waals surface area contributed by atoms with Gasteiger partial charge < -0.3 is 14.2 Å². The Morgan fingerprint density at radius 2 is 1.64 bits per heavy atom. The molecule has 0 spiro atoms. The number of rotatable bonds is 7. The maximum absolute atomic E-state index is 8.81. The van der Waals surface area contributed by atoms with Crippen molar-refractivity contribution < 1.29 is 14.2 Å². The largest absolute Gasteiger partial charge is 0.493 e. The van der Waals surface area contributed by atoms with Gasteiger partial charge >= 0.3 is 0 Å². The molecule has 0 atom stereocenters. The van der Waals surface area contributed by atoms with Gasteiger partial charge in [-0.25, -0.2) is 0 Å². The maximum Gasteiger partial charge on any atom is 0.161 e. The Hall–Kier alpha value is -3.44. The first-order chi connectivity index (χ1) is 12.2. The van der Waals surface area contributed by atoms with Gasteiger partial charge in [0.15, 0.2) is 11.5 Å². The van der Waals surface area contributed by atoms with E-state index in [-0.39, 0.29) is 5.57 Å². The molecule has 2 aromatic rings. The first kappa shape index (κ1) is 17.9. The molecule has 0 aromatic heterocycles. The van der Waals surface area contributed by atoms with Gasteiger partial charge in [-0.15, -0.1) is 0 Å². The average Bonchev–Trinajstić information content (AvgIpc) is 2.65. The van der Waals surface area contributed by atoms with Crippen molar-refractivity contribution in [3.8, 4) is 29.4 Å². The Morgan fingerprint density at radius 3 is 2.28 bits per heavy atom. The number of methoxy groups -OCH3 is 1. The summed E-state index contributed by atoms with van der Waals surface area (Å²) in [4.78, 5) is 0. The van der Waals surface area contributed by atoms with Crippen LogP contribution in [-0.4, -0.2) is 20.3 Å². The van der Waals surface area contributed by atoms with E-state index in [9.17, 15) is 0 Å². The van der Waals surface area contributed by atoms with Crippen LogP contribution in [0.3, 0.4) is 0 Å².